The van der Waals surface area contributed by atoms with Gasteiger partial charge in [0.2, 0.25) is 6.69 Å². The Morgan fingerprint density at radius 2 is 1.71 bits per heavy atom. The molecule has 4 heteroatoms. The van der Waals surface area contributed by atoms with Crippen molar-refractivity contribution in [2.24, 2.45) is 0 Å². The van der Waals surface area contributed by atoms with Crippen LogP contribution < -0.4 is 0 Å². The van der Waals surface area contributed by atoms with Crippen molar-refractivity contribution in [1.29, 1.82) is 0 Å². The van der Waals surface area contributed by atoms with E-state index in [0.717, 1.165) is 12.5 Å². The lowest BCUT2D eigenvalue weighted by atomic mass is 10.1. The van der Waals surface area contributed by atoms with Gasteiger partial charge in [-0.3, -0.25) is 0 Å². The topological polar surface area (TPSA) is 0 Å². The van der Waals surface area contributed by atoms with Crippen molar-refractivity contribution in [2.45, 2.75) is 24.9 Å². The Bertz CT molecular complexity index is 294. The first-order chi connectivity index (χ1) is 6.53. The number of hydrogen-bond acceptors (Lipinski definition) is 0. The monoisotopic (exact) mass is 266 g/mol. The van der Waals surface area contributed by atoms with Gasteiger partial charge in [0.25, 0.3) is 0 Å². The third kappa shape index (κ3) is 4.22. The number of halogens is 3. The van der Waals surface area contributed by atoms with Crippen LogP contribution in [0.3, 0.4) is 0 Å². The van der Waals surface area contributed by atoms with Crippen LogP contribution in [-0.2, 0) is 12.3 Å². The lowest BCUT2D eigenvalue weighted by Gasteiger charge is -2.11. The molecule has 0 aliphatic heterocycles. The zero-order valence-electron chi connectivity index (χ0n) is 8.06. The number of rotatable bonds is 4. The summed E-state index contributed by atoms with van der Waals surface area (Å²) in [6.07, 6.45) is 0.929. The molecule has 0 N–H and O–H groups in total. The molecule has 1 rings (SSSR count). The lowest BCUT2D eigenvalue weighted by Crippen LogP contribution is -2.13. The molecule has 0 aliphatic carbocycles. The summed E-state index contributed by atoms with van der Waals surface area (Å²) in [5, 5.41) is 0. The van der Waals surface area contributed by atoms with Crippen LogP contribution in [0.2, 0.25) is 12.6 Å². The Morgan fingerprint density at radius 3 is 2.21 bits per heavy atom. The molecule has 0 heterocycles. The van der Waals surface area contributed by atoms with Gasteiger partial charge >= 0.3 is 0 Å². The van der Waals surface area contributed by atoms with Gasteiger partial charge in [-0.2, -0.15) is 0 Å². The highest BCUT2D eigenvalue weighted by Gasteiger charge is 2.20. The second-order valence-corrected chi connectivity index (χ2v) is 12.0. The lowest BCUT2D eigenvalue weighted by molar-refractivity contribution is 1.08. The molecule has 0 saturated heterocycles. The first-order valence-electron chi connectivity index (χ1n) is 4.53. The minimum Gasteiger partial charge on any atom is -0.146 e. The smallest absolute Gasteiger partial charge is 0.146 e. The molecule has 0 atom stereocenters. The minimum absolute atomic E-state index is 0.555. The number of aryl methyl sites for hydroxylation is 1. The van der Waals surface area contributed by atoms with Gasteiger partial charge in [-0.05, 0) is 30.1 Å². The molecule has 0 unspecified atom stereocenters. The zero-order valence-corrected chi connectivity index (χ0v) is 11.3. The van der Waals surface area contributed by atoms with E-state index >= 15 is 0 Å². The Hall–Kier alpha value is 0.307. The second kappa shape index (κ2) is 5.41. The van der Waals surface area contributed by atoms with Crippen LogP contribution in [0.4, 0.5) is 0 Å². The second-order valence-electron chi connectivity index (χ2n) is 3.47. The van der Waals surface area contributed by atoms with E-state index in [1.54, 1.807) is 0 Å². The van der Waals surface area contributed by atoms with Gasteiger partial charge < -0.3 is 0 Å². The highest BCUT2D eigenvalue weighted by molar-refractivity contribution is 7.44. The molecule has 0 amide bonds. The first-order valence-corrected chi connectivity index (χ1v) is 9.80. The van der Waals surface area contributed by atoms with Crippen LogP contribution >= 0.6 is 33.8 Å². The summed E-state index contributed by atoms with van der Waals surface area (Å²) in [4.78, 5) is 0. The predicted molar refractivity (Wildman–Crippen MR) is 67.8 cm³/mol. The molecule has 14 heavy (non-hydrogen) atoms. The predicted octanol–water partition coefficient (Wildman–Crippen LogP) is 4.52. The van der Waals surface area contributed by atoms with Crippen LogP contribution in [0.25, 0.3) is 0 Å². The van der Waals surface area contributed by atoms with Gasteiger partial charge in [0.05, 0.1) is 0 Å². The maximum absolute atomic E-state index is 6.05. The molecule has 0 aliphatic rings. The zero-order chi connectivity index (χ0) is 10.6. The number of hydrogen-bond donors (Lipinski definition) is 0. The molecule has 0 fully saturated rings. The molecular formula is C10H13Cl3Si. The molecule has 0 spiro atoms. The molecule has 1 aromatic rings. The van der Waals surface area contributed by atoms with E-state index in [-0.39, 0.29) is 0 Å². The molecular weight excluding hydrogens is 255 g/mol. The third-order valence-electron chi connectivity index (χ3n) is 2.10. The fourth-order valence-corrected chi connectivity index (χ4v) is 2.82. The molecule has 0 radical (unpaired) electrons. The van der Waals surface area contributed by atoms with Crippen LogP contribution in [0.15, 0.2) is 24.3 Å². The third-order valence-corrected chi connectivity index (χ3v) is 4.65. The highest BCUT2D eigenvalue weighted by atomic mass is 35.7. The standard InChI is InChI=1S/C10H13Cl3Si/c1-14(12,13)7-6-9-4-2-3-5-10(9)8-11/h2-5H,6-8H2,1H3. The summed E-state index contributed by atoms with van der Waals surface area (Å²) in [5.41, 5.74) is 2.45. The molecule has 0 bridgehead atoms. The average Bonchev–Trinajstić information content (AvgIpc) is 2.14. The normalized spacial score (nSPS) is 11.7. The number of alkyl halides is 1. The highest BCUT2D eigenvalue weighted by Crippen LogP contribution is 2.23. The summed E-state index contributed by atoms with van der Waals surface area (Å²) in [6, 6.07) is 9.03. The van der Waals surface area contributed by atoms with Crippen molar-refractivity contribution >= 4 is 40.5 Å². The fraction of sp³-hybridized carbons (Fsp3) is 0.400. The van der Waals surface area contributed by atoms with Gasteiger partial charge in [-0.1, -0.05) is 24.3 Å². The Kier molecular flexibility index (Phi) is 4.78. The van der Waals surface area contributed by atoms with Crippen LogP contribution in [0.5, 0.6) is 0 Å². The summed E-state index contributed by atoms with van der Waals surface area (Å²) in [5.74, 6) is 0.555. The SMILES string of the molecule is C[Si](Cl)(Cl)CCc1ccccc1CCl. The fourth-order valence-electron chi connectivity index (χ4n) is 1.29. The summed E-state index contributed by atoms with van der Waals surface area (Å²) >= 11 is 17.9. The quantitative estimate of drug-likeness (QED) is 0.427. The molecule has 0 saturated carbocycles. The number of benzene rings is 1. The van der Waals surface area contributed by atoms with E-state index in [0.29, 0.717) is 5.88 Å². The van der Waals surface area contributed by atoms with Crippen molar-refractivity contribution in [3.63, 3.8) is 0 Å². The van der Waals surface area contributed by atoms with Crippen LogP contribution in [0, 0.1) is 0 Å². The van der Waals surface area contributed by atoms with Crippen molar-refractivity contribution in [1.82, 2.24) is 0 Å². The van der Waals surface area contributed by atoms with Gasteiger partial charge in [0.15, 0.2) is 0 Å². The Morgan fingerprint density at radius 1 is 1.14 bits per heavy atom. The van der Waals surface area contributed by atoms with Crippen LogP contribution in [-0.4, -0.2) is 6.69 Å². The summed E-state index contributed by atoms with van der Waals surface area (Å²) in [7, 11) is 0. The molecule has 78 valence electrons. The van der Waals surface area contributed by atoms with Crippen molar-refractivity contribution < 1.29 is 0 Å². The van der Waals surface area contributed by atoms with Gasteiger partial charge in [0.1, 0.15) is 0 Å². The Labute approximate surface area is 101 Å². The first kappa shape index (κ1) is 12.4. The van der Waals surface area contributed by atoms with E-state index in [4.69, 9.17) is 33.8 Å². The summed E-state index contributed by atoms with van der Waals surface area (Å²) < 4.78 is 0. The molecule has 0 aromatic heterocycles. The molecule has 1 aromatic carbocycles. The van der Waals surface area contributed by atoms with Gasteiger partial charge in [-0.15, -0.1) is 33.8 Å². The van der Waals surface area contributed by atoms with Crippen molar-refractivity contribution in [2.75, 3.05) is 0 Å². The van der Waals surface area contributed by atoms with Crippen molar-refractivity contribution in [3.8, 4) is 0 Å². The van der Waals surface area contributed by atoms with Crippen LogP contribution in [0.1, 0.15) is 11.1 Å². The van der Waals surface area contributed by atoms with E-state index in [2.05, 4.69) is 6.07 Å². The van der Waals surface area contributed by atoms with E-state index in [1.165, 1.54) is 11.1 Å². The van der Waals surface area contributed by atoms with E-state index < -0.39 is 6.69 Å². The Balaban J connectivity index is 2.67. The van der Waals surface area contributed by atoms with Crippen molar-refractivity contribution in [3.05, 3.63) is 35.4 Å². The maximum atomic E-state index is 6.05. The maximum Gasteiger partial charge on any atom is 0.248 e. The van der Waals surface area contributed by atoms with Gasteiger partial charge in [0, 0.05) is 5.88 Å². The minimum atomic E-state index is -1.97. The van der Waals surface area contributed by atoms with E-state index in [1.807, 2.05) is 24.7 Å². The average molecular weight is 268 g/mol. The summed E-state index contributed by atoms with van der Waals surface area (Å²) in [6.45, 7) is -0.0305. The van der Waals surface area contributed by atoms with E-state index in [9.17, 15) is 0 Å². The largest absolute Gasteiger partial charge is 0.248 e. The molecule has 0 nitrogen and oxygen atoms in total. The van der Waals surface area contributed by atoms with Gasteiger partial charge in [-0.25, -0.2) is 0 Å².